The van der Waals surface area contributed by atoms with Crippen molar-refractivity contribution >= 4 is 12.6 Å². The summed E-state index contributed by atoms with van der Waals surface area (Å²) in [6.45, 7) is 0. The minimum atomic E-state index is 0.122. The number of benzene rings is 2. The van der Waals surface area contributed by atoms with Crippen molar-refractivity contribution in [1.82, 2.24) is 0 Å². The Morgan fingerprint density at radius 3 is 1.43 bits per heavy atom. The van der Waals surface area contributed by atoms with Crippen molar-refractivity contribution in [2.75, 3.05) is 0 Å². The predicted molar refractivity (Wildman–Crippen MR) is 86.3 cm³/mol. The molecule has 1 aliphatic carbocycles. The van der Waals surface area contributed by atoms with Gasteiger partial charge in [-0.3, -0.25) is 9.59 Å². The molecule has 0 bridgehead atoms. The molecule has 2 aromatic carbocycles. The van der Waals surface area contributed by atoms with E-state index < -0.39 is 0 Å². The van der Waals surface area contributed by atoms with Gasteiger partial charge in [0.25, 0.3) is 0 Å². The van der Waals surface area contributed by atoms with Gasteiger partial charge in [0.2, 0.25) is 0 Å². The molecule has 0 heterocycles. The lowest BCUT2D eigenvalue weighted by Gasteiger charge is -2.15. The Hall–Kier alpha value is -2.62. The molecule has 0 spiro atoms. The maximum atomic E-state index is 10.6. The minimum Gasteiger partial charge on any atom is -0.490 e. The Morgan fingerprint density at radius 1 is 0.696 bits per heavy atom. The Labute approximate surface area is 135 Å². The molecule has 0 amide bonds. The largest absolute Gasteiger partial charge is 0.490 e. The minimum absolute atomic E-state index is 0.122. The Morgan fingerprint density at radius 2 is 1.09 bits per heavy atom. The molecule has 0 saturated heterocycles. The predicted octanol–water partition coefficient (Wildman–Crippen LogP) is 3.69. The molecule has 118 valence electrons. The van der Waals surface area contributed by atoms with Crippen LogP contribution in [-0.4, -0.2) is 24.8 Å². The second-order valence-corrected chi connectivity index (χ2v) is 5.67. The van der Waals surface area contributed by atoms with Gasteiger partial charge in [-0.2, -0.15) is 0 Å². The molecule has 0 aliphatic heterocycles. The van der Waals surface area contributed by atoms with Crippen LogP contribution >= 0.6 is 0 Å². The van der Waals surface area contributed by atoms with Crippen molar-refractivity contribution in [2.24, 2.45) is 0 Å². The molecular weight excluding hydrogens is 292 g/mol. The summed E-state index contributed by atoms with van der Waals surface area (Å²) in [5.74, 6) is 1.55. The fourth-order valence-electron chi connectivity index (χ4n) is 2.75. The first kappa shape index (κ1) is 15.3. The number of carbonyl (C=O) groups excluding carboxylic acids is 2. The molecule has 1 fully saturated rings. The van der Waals surface area contributed by atoms with Crippen molar-refractivity contribution in [3.05, 3.63) is 59.7 Å². The van der Waals surface area contributed by atoms with Crippen LogP contribution < -0.4 is 9.47 Å². The van der Waals surface area contributed by atoms with Crippen LogP contribution in [0.1, 0.15) is 40.0 Å². The third kappa shape index (κ3) is 3.97. The average molecular weight is 310 g/mol. The van der Waals surface area contributed by atoms with E-state index in [1.54, 1.807) is 24.3 Å². The van der Waals surface area contributed by atoms with Crippen LogP contribution in [0.25, 0.3) is 0 Å². The number of ether oxygens (including phenoxy) is 2. The molecule has 4 nitrogen and oxygen atoms in total. The first-order valence-corrected chi connectivity index (χ1v) is 7.70. The SMILES string of the molecule is O=Cc1ccc(O[C@@H]2CC[C@@H](Oc3ccc(C=O)cc3)C2)cc1. The van der Waals surface area contributed by atoms with Gasteiger partial charge in [0.15, 0.2) is 0 Å². The molecule has 0 N–H and O–H groups in total. The molecule has 0 unspecified atom stereocenters. The van der Waals surface area contributed by atoms with Crippen LogP contribution in [0, 0.1) is 0 Å². The van der Waals surface area contributed by atoms with Gasteiger partial charge in [-0.1, -0.05) is 0 Å². The standard InChI is InChI=1S/C19H18O4/c20-12-14-1-5-16(6-2-14)22-18-9-10-19(11-18)23-17-7-3-15(13-21)4-8-17/h1-8,12-13,18-19H,9-11H2/t18-,19-/m1/s1. The second kappa shape index (κ2) is 7.09. The summed E-state index contributed by atoms with van der Waals surface area (Å²) in [7, 11) is 0. The van der Waals surface area contributed by atoms with Crippen molar-refractivity contribution in [3.63, 3.8) is 0 Å². The monoisotopic (exact) mass is 310 g/mol. The Bertz CT molecular complexity index is 601. The van der Waals surface area contributed by atoms with Gasteiger partial charge < -0.3 is 9.47 Å². The number of hydrogen-bond acceptors (Lipinski definition) is 4. The van der Waals surface area contributed by atoms with Gasteiger partial charge in [0.1, 0.15) is 36.3 Å². The number of rotatable bonds is 6. The van der Waals surface area contributed by atoms with Gasteiger partial charge in [-0.05, 0) is 61.4 Å². The molecule has 2 aromatic rings. The van der Waals surface area contributed by atoms with E-state index in [0.717, 1.165) is 43.3 Å². The lowest BCUT2D eigenvalue weighted by atomic mass is 10.2. The second-order valence-electron chi connectivity index (χ2n) is 5.67. The molecule has 2 atom stereocenters. The fourth-order valence-corrected chi connectivity index (χ4v) is 2.75. The quantitative estimate of drug-likeness (QED) is 0.764. The van der Waals surface area contributed by atoms with Crippen LogP contribution in [0.3, 0.4) is 0 Å². The lowest BCUT2D eigenvalue weighted by Crippen LogP contribution is -2.17. The van der Waals surface area contributed by atoms with E-state index in [2.05, 4.69) is 0 Å². The first-order valence-electron chi connectivity index (χ1n) is 7.70. The smallest absolute Gasteiger partial charge is 0.150 e. The van der Waals surface area contributed by atoms with Crippen molar-refractivity contribution in [1.29, 1.82) is 0 Å². The Kier molecular flexibility index (Phi) is 4.71. The van der Waals surface area contributed by atoms with Gasteiger partial charge >= 0.3 is 0 Å². The maximum Gasteiger partial charge on any atom is 0.150 e. The van der Waals surface area contributed by atoms with Crippen LogP contribution in [0.5, 0.6) is 11.5 Å². The normalized spacial score (nSPS) is 20.0. The highest BCUT2D eigenvalue weighted by Crippen LogP contribution is 2.28. The van der Waals surface area contributed by atoms with E-state index in [-0.39, 0.29) is 12.2 Å². The topological polar surface area (TPSA) is 52.6 Å². The Balaban J connectivity index is 1.52. The first-order chi connectivity index (χ1) is 11.3. The van der Waals surface area contributed by atoms with Crippen molar-refractivity contribution in [3.8, 4) is 11.5 Å². The van der Waals surface area contributed by atoms with E-state index in [9.17, 15) is 9.59 Å². The molecular formula is C19H18O4. The summed E-state index contributed by atoms with van der Waals surface area (Å²) in [5, 5.41) is 0. The summed E-state index contributed by atoms with van der Waals surface area (Å²) in [4.78, 5) is 21.3. The van der Waals surface area contributed by atoms with E-state index in [4.69, 9.17) is 9.47 Å². The summed E-state index contributed by atoms with van der Waals surface area (Å²) >= 11 is 0. The van der Waals surface area contributed by atoms with E-state index in [0.29, 0.717) is 11.1 Å². The maximum absolute atomic E-state index is 10.6. The zero-order chi connectivity index (χ0) is 16.1. The zero-order valence-corrected chi connectivity index (χ0v) is 12.7. The molecule has 4 heteroatoms. The number of hydrogen-bond donors (Lipinski definition) is 0. The highest BCUT2D eigenvalue weighted by atomic mass is 16.5. The lowest BCUT2D eigenvalue weighted by molar-refractivity contribution is 0.111. The van der Waals surface area contributed by atoms with Gasteiger partial charge in [-0.15, -0.1) is 0 Å². The highest BCUT2D eigenvalue weighted by molar-refractivity contribution is 5.75. The summed E-state index contributed by atoms with van der Waals surface area (Å²) in [6, 6.07) is 14.3. The summed E-state index contributed by atoms with van der Waals surface area (Å²) in [5.41, 5.74) is 1.28. The van der Waals surface area contributed by atoms with Crippen LogP contribution in [0.4, 0.5) is 0 Å². The van der Waals surface area contributed by atoms with Crippen LogP contribution in [-0.2, 0) is 0 Å². The third-order valence-corrected chi connectivity index (χ3v) is 3.97. The molecule has 3 rings (SSSR count). The molecule has 23 heavy (non-hydrogen) atoms. The van der Waals surface area contributed by atoms with Gasteiger partial charge in [0, 0.05) is 17.5 Å². The average Bonchev–Trinajstić information content (AvgIpc) is 3.03. The van der Waals surface area contributed by atoms with Crippen LogP contribution in [0.2, 0.25) is 0 Å². The molecule has 1 aliphatic rings. The van der Waals surface area contributed by atoms with Crippen molar-refractivity contribution in [2.45, 2.75) is 31.5 Å². The van der Waals surface area contributed by atoms with Gasteiger partial charge in [0.05, 0.1) is 0 Å². The van der Waals surface area contributed by atoms with E-state index in [1.807, 2.05) is 24.3 Å². The molecule has 0 radical (unpaired) electrons. The number of aldehydes is 2. The van der Waals surface area contributed by atoms with E-state index >= 15 is 0 Å². The van der Waals surface area contributed by atoms with Gasteiger partial charge in [-0.25, -0.2) is 0 Å². The molecule has 1 saturated carbocycles. The third-order valence-electron chi connectivity index (χ3n) is 3.97. The van der Waals surface area contributed by atoms with Crippen LogP contribution in [0.15, 0.2) is 48.5 Å². The van der Waals surface area contributed by atoms with E-state index in [1.165, 1.54) is 0 Å². The summed E-state index contributed by atoms with van der Waals surface area (Å²) in [6.07, 6.45) is 4.58. The summed E-state index contributed by atoms with van der Waals surface area (Å²) < 4.78 is 11.9. The highest BCUT2D eigenvalue weighted by Gasteiger charge is 2.27. The zero-order valence-electron chi connectivity index (χ0n) is 12.7. The fraction of sp³-hybridized carbons (Fsp3) is 0.263. The van der Waals surface area contributed by atoms with Crippen molar-refractivity contribution < 1.29 is 19.1 Å². The number of carbonyl (C=O) groups is 2. The molecule has 0 aromatic heterocycles.